The Labute approximate surface area is 40.5 Å². The maximum Gasteiger partial charge on any atom is 0.159 e. The highest BCUT2D eigenvalue weighted by molar-refractivity contribution is 4.14. The molecular weight excluding hydrogens is 104 g/mol. The molecule has 0 fully saturated rings. The van der Waals surface area contributed by atoms with Gasteiger partial charge in [0.1, 0.15) is 0 Å². The average Bonchev–Trinajstić information content (AvgIpc) is 1.61. The van der Waals surface area contributed by atoms with E-state index in [0.29, 0.717) is 6.42 Å². The van der Waals surface area contributed by atoms with Crippen molar-refractivity contribution in [3.8, 4) is 0 Å². The van der Waals surface area contributed by atoms with Crippen molar-refractivity contribution in [3.05, 3.63) is 0 Å². The number of halogens is 2. The van der Waals surface area contributed by atoms with Crippen LogP contribution >= 0.6 is 0 Å². The SMILES string of the molecule is CCCON(F)F. The van der Waals surface area contributed by atoms with Gasteiger partial charge in [0.2, 0.25) is 0 Å². The summed E-state index contributed by atoms with van der Waals surface area (Å²) in [4.78, 5) is 3.69. The maximum absolute atomic E-state index is 10.8. The van der Waals surface area contributed by atoms with Crippen LogP contribution in [0.25, 0.3) is 0 Å². The second-order valence-corrected chi connectivity index (χ2v) is 1.04. The van der Waals surface area contributed by atoms with Crippen molar-refractivity contribution in [2.75, 3.05) is 6.61 Å². The van der Waals surface area contributed by atoms with Crippen LogP contribution in [0, 0.1) is 0 Å². The molecule has 0 spiro atoms. The molecule has 0 saturated carbocycles. The van der Waals surface area contributed by atoms with E-state index >= 15 is 0 Å². The summed E-state index contributed by atoms with van der Waals surface area (Å²) < 4.78 is 21.7. The molecule has 0 radical (unpaired) electrons. The summed E-state index contributed by atoms with van der Waals surface area (Å²) in [6.45, 7) is 1.83. The summed E-state index contributed by atoms with van der Waals surface area (Å²) in [5.74, 6) is 0. The Hall–Kier alpha value is -0.220. The Morgan fingerprint density at radius 1 is 1.57 bits per heavy atom. The molecule has 0 aliphatic carbocycles. The quantitative estimate of drug-likeness (QED) is 0.403. The molecule has 0 saturated heterocycles. The lowest BCUT2D eigenvalue weighted by molar-refractivity contribution is -0.391. The van der Waals surface area contributed by atoms with Gasteiger partial charge in [0.25, 0.3) is 0 Å². The van der Waals surface area contributed by atoms with Gasteiger partial charge in [-0.2, -0.15) is 0 Å². The van der Waals surface area contributed by atoms with Crippen LogP contribution in [0.4, 0.5) is 8.96 Å². The molecule has 0 aliphatic heterocycles. The van der Waals surface area contributed by atoms with Crippen LogP contribution in [-0.4, -0.2) is 12.1 Å². The minimum atomic E-state index is -1.29. The third-order valence-electron chi connectivity index (χ3n) is 0.393. The number of rotatable bonds is 3. The zero-order chi connectivity index (χ0) is 5.70. The summed E-state index contributed by atoms with van der Waals surface area (Å²) in [5.41, 5.74) is -1.29. The van der Waals surface area contributed by atoms with Crippen molar-refractivity contribution in [3.63, 3.8) is 0 Å². The van der Waals surface area contributed by atoms with Crippen LogP contribution in [0.1, 0.15) is 13.3 Å². The van der Waals surface area contributed by atoms with Crippen molar-refractivity contribution < 1.29 is 13.8 Å². The van der Waals surface area contributed by atoms with E-state index in [9.17, 15) is 8.96 Å². The van der Waals surface area contributed by atoms with Crippen LogP contribution in [-0.2, 0) is 4.84 Å². The Bertz CT molecular complexity index is 41.9. The zero-order valence-corrected chi connectivity index (χ0v) is 4.03. The van der Waals surface area contributed by atoms with E-state index in [1.54, 1.807) is 6.92 Å². The Kier molecular flexibility index (Phi) is 3.83. The van der Waals surface area contributed by atoms with E-state index in [0.717, 1.165) is 0 Å². The van der Waals surface area contributed by atoms with E-state index in [1.165, 1.54) is 0 Å². The minimum Gasteiger partial charge on any atom is -0.243 e. The molecule has 0 amide bonds. The monoisotopic (exact) mass is 111 g/mol. The van der Waals surface area contributed by atoms with Crippen molar-refractivity contribution in [2.45, 2.75) is 13.3 Å². The highest BCUT2D eigenvalue weighted by Crippen LogP contribution is 1.90. The summed E-state index contributed by atoms with van der Waals surface area (Å²) in [6, 6.07) is 0. The molecule has 0 aliphatic rings. The van der Waals surface area contributed by atoms with Gasteiger partial charge in [-0.3, -0.25) is 0 Å². The molecule has 44 valence electrons. The van der Waals surface area contributed by atoms with Gasteiger partial charge in [-0.1, -0.05) is 15.9 Å². The van der Waals surface area contributed by atoms with E-state index in [4.69, 9.17) is 0 Å². The van der Waals surface area contributed by atoms with Gasteiger partial charge < -0.3 is 0 Å². The first-order chi connectivity index (χ1) is 3.27. The highest BCUT2D eigenvalue weighted by Gasteiger charge is 1.93. The van der Waals surface area contributed by atoms with Gasteiger partial charge in [0, 0.05) is 0 Å². The molecule has 0 aromatic carbocycles. The van der Waals surface area contributed by atoms with Crippen molar-refractivity contribution in [1.82, 2.24) is 5.51 Å². The van der Waals surface area contributed by atoms with Crippen LogP contribution in [0.5, 0.6) is 0 Å². The van der Waals surface area contributed by atoms with Crippen molar-refractivity contribution >= 4 is 0 Å². The highest BCUT2D eigenvalue weighted by atomic mass is 19.4. The first kappa shape index (κ1) is 6.78. The molecule has 2 nitrogen and oxygen atoms in total. The largest absolute Gasteiger partial charge is 0.243 e. The van der Waals surface area contributed by atoms with Crippen LogP contribution in [0.15, 0.2) is 0 Å². The first-order valence-electron chi connectivity index (χ1n) is 2.02. The summed E-state index contributed by atoms with van der Waals surface area (Å²) >= 11 is 0. The molecule has 0 N–H and O–H groups in total. The van der Waals surface area contributed by atoms with Gasteiger partial charge in [-0.05, 0) is 6.42 Å². The van der Waals surface area contributed by atoms with Crippen LogP contribution in [0.2, 0.25) is 0 Å². The maximum atomic E-state index is 10.8. The zero-order valence-electron chi connectivity index (χ0n) is 4.03. The molecule has 7 heavy (non-hydrogen) atoms. The number of hydrogen-bond acceptors (Lipinski definition) is 2. The Balaban J connectivity index is 2.68. The van der Waals surface area contributed by atoms with E-state index in [2.05, 4.69) is 4.84 Å². The second-order valence-electron chi connectivity index (χ2n) is 1.04. The van der Waals surface area contributed by atoms with Crippen molar-refractivity contribution in [2.24, 2.45) is 0 Å². The third-order valence-corrected chi connectivity index (χ3v) is 0.393. The first-order valence-corrected chi connectivity index (χ1v) is 2.02. The fraction of sp³-hybridized carbons (Fsp3) is 1.00. The lowest BCUT2D eigenvalue weighted by Crippen LogP contribution is -2.02. The smallest absolute Gasteiger partial charge is 0.159 e. The fourth-order valence-electron chi connectivity index (χ4n) is 0.160. The molecular formula is C3H7F2NO. The van der Waals surface area contributed by atoms with E-state index in [-0.39, 0.29) is 6.61 Å². The predicted molar refractivity (Wildman–Crippen MR) is 20.3 cm³/mol. The lowest BCUT2D eigenvalue weighted by atomic mass is 10.5. The van der Waals surface area contributed by atoms with Gasteiger partial charge in [0.05, 0.1) is 6.61 Å². The minimum absolute atomic E-state index is 0.0764. The molecule has 0 aromatic heterocycles. The molecule has 0 atom stereocenters. The predicted octanol–water partition coefficient (Wildman–Crippen LogP) is 1.40. The van der Waals surface area contributed by atoms with E-state index < -0.39 is 5.51 Å². The van der Waals surface area contributed by atoms with Gasteiger partial charge >= 0.3 is 0 Å². The molecule has 0 aromatic rings. The van der Waals surface area contributed by atoms with Gasteiger partial charge in [-0.15, -0.1) is 0 Å². The second kappa shape index (κ2) is 3.95. The lowest BCUT2D eigenvalue weighted by Gasteiger charge is -1.95. The number of nitrogens with zero attached hydrogens (tertiary/aromatic N) is 1. The summed E-state index contributed by atoms with van der Waals surface area (Å²) in [5, 5.41) is 0. The summed E-state index contributed by atoms with van der Waals surface area (Å²) in [7, 11) is 0. The number of hydrogen-bond donors (Lipinski definition) is 0. The normalized spacial score (nSPS) is 10.3. The Morgan fingerprint density at radius 3 is 2.29 bits per heavy atom. The van der Waals surface area contributed by atoms with Crippen molar-refractivity contribution in [1.29, 1.82) is 0 Å². The summed E-state index contributed by atoms with van der Waals surface area (Å²) in [6.07, 6.45) is 0.602. The molecule has 0 rings (SSSR count). The van der Waals surface area contributed by atoms with Crippen LogP contribution in [0.3, 0.4) is 0 Å². The Morgan fingerprint density at radius 2 is 2.14 bits per heavy atom. The van der Waals surface area contributed by atoms with Crippen LogP contribution < -0.4 is 0 Å². The molecule has 4 heteroatoms. The molecule has 0 heterocycles. The third kappa shape index (κ3) is 5.78. The molecule has 0 bridgehead atoms. The van der Waals surface area contributed by atoms with E-state index in [1.807, 2.05) is 0 Å². The topological polar surface area (TPSA) is 12.5 Å². The molecule has 0 unspecified atom stereocenters. The van der Waals surface area contributed by atoms with Gasteiger partial charge in [-0.25, -0.2) is 4.84 Å². The fourth-order valence-corrected chi connectivity index (χ4v) is 0.160. The van der Waals surface area contributed by atoms with Gasteiger partial charge in [0.15, 0.2) is 5.51 Å². The standard InChI is InChI=1S/C3H7F2NO/c1-2-3-7-6(4)5/h2-3H2,1H3. The average molecular weight is 111 g/mol.